The third-order valence-corrected chi connectivity index (χ3v) is 5.76. The quantitative estimate of drug-likeness (QED) is 0.806. The summed E-state index contributed by atoms with van der Waals surface area (Å²) in [6.07, 6.45) is 3.17. The molecule has 0 unspecified atom stereocenters. The summed E-state index contributed by atoms with van der Waals surface area (Å²) in [6, 6.07) is 3.88. The van der Waals surface area contributed by atoms with E-state index in [0.717, 1.165) is 25.9 Å². The molecule has 0 saturated carbocycles. The van der Waals surface area contributed by atoms with Crippen LogP contribution in [0.1, 0.15) is 43.6 Å². The molecule has 1 fully saturated rings. The zero-order valence-electron chi connectivity index (χ0n) is 15.2. The Morgan fingerprint density at radius 1 is 1.37 bits per heavy atom. The number of benzene rings is 1. The van der Waals surface area contributed by atoms with Gasteiger partial charge in [0.1, 0.15) is 17.7 Å². The lowest BCUT2D eigenvalue weighted by Crippen LogP contribution is -2.41. The number of aromatic nitrogens is 3. The topological polar surface area (TPSA) is 60.1 Å². The van der Waals surface area contributed by atoms with E-state index in [1.54, 1.807) is 10.6 Å². The molecule has 1 saturated heterocycles. The molecule has 2 atom stereocenters. The van der Waals surface area contributed by atoms with Crippen LogP contribution >= 0.6 is 11.6 Å². The van der Waals surface area contributed by atoms with Gasteiger partial charge in [0.15, 0.2) is 0 Å². The summed E-state index contributed by atoms with van der Waals surface area (Å²) < 4.78 is 16.3. The van der Waals surface area contributed by atoms with Gasteiger partial charge in [0.2, 0.25) is 5.91 Å². The molecule has 4 rings (SSSR count). The van der Waals surface area contributed by atoms with Gasteiger partial charge >= 0.3 is 5.69 Å². The van der Waals surface area contributed by atoms with Gasteiger partial charge in [-0.15, -0.1) is 0 Å². The first kappa shape index (κ1) is 18.2. The number of nitrogens with zero attached hydrogens (tertiary/aromatic N) is 4. The van der Waals surface area contributed by atoms with Crippen LogP contribution in [0.2, 0.25) is 5.02 Å². The molecular formula is C19H22ClFN4O2. The Bertz CT molecular complexity index is 938. The van der Waals surface area contributed by atoms with Crippen LogP contribution < -0.4 is 5.69 Å². The molecule has 1 aromatic carbocycles. The van der Waals surface area contributed by atoms with Crippen molar-refractivity contribution in [3.8, 4) is 0 Å². The predicted octanol–water partition coefficient (Wildman–Crippen LogP) is 2.63. The summed E-state index contributed by atoms with van der Waals surface area (Å²) in [5.74, 6) is 0.666. The van der Waals surface area contributed by atoms with E-state index >= 15 is 0 Å². The Kier molecular flexibility index (Phi) is 4.80. The van der Waals surface area contributed by atoms with Crippen molar-refractivity contribution in [2.75, 3.05) is 13.1 Å². The summed E-state index contributed by atoms with van der Waals surface area (Å²) in [5, 5.41) is 4.45. The molecule has 2 aliphatic rings. The van der Waals surface area contributed by atoms with E-state index in [0.29, 0.717) is 30.1 Å². The van der Waals surface area contributed by atoms with Crippen LogP contribution in [0.3, 0.4) is 0 Å². The number of hydrogen-bond acceptors (Lipinski definition) is 3. The molecule has 27 heavy (non-hydrogen) atoms. The van der Waals surface area contributed by atoms with Crippen LogP contribution in [0.5, 0.6) is 0 Å². The SMILES string of the molecule is C[C@H]1CCN(C(=O)[C@@H]2CCCc3nn(Cc4ccc(F)c(Cl)c4)c(=O)n32)C1. The first-order valence-electron chi connectivity index (χ1n) is 9.35. The lowest BCUT2D eigenvalue weighted by atomic mass is 10.0. The molecule has 2 aliphatic heterocycles. The van der Waals surface area contributed by atoms with Crippen molar-refractivity contribution in [3.05, 3.63) is 50.9 Å². The molecule has 0 N–H and O–H groups in total. The molecule has 0 bridgehead atoms. The minimum absolute atomic E-state index is 0.0146. The Balaban J connectivity index is 1.62. The van der Waals surface area contributed by atoms with Gasteiger partial charge in [-0.05, 0) is 42.9 Å². The zero-order valence-corrected chi connectivity index (χ0v) is 16.0. The third-order valence-electron chi connectivity index (χ3n) is 5.47. The minimum Gasteiger partial charge on any atom is -0.341 e. The smallest absolute Gasteiger partial charge is 0.341 e. The van der Waals surface area contributed by atoms with Crippen molar-refractivity contribution >= 4 is 17.5 Å². The molecule has 6 nitrogen and oxygen atoms in total. The normalized spacial score (nSPS) is 22.1. The Labute approximate surface area is 161 Å². The average Bonchev–Trinajstić information content (AvgIpc) is 3.21. The van der Waals surface area contributed by atoms with E-state index in [-0.39, 0.29) is 23.2 Å². The zero-order chi connectivity index (χ0) is 19.1. The van der Waals surface area contributed by atoms with Crippen molar-refractivity contribution < 1.29 is 9.18 Å². The monoisotopic (exact) mass is 392 g/mol. The largest absolute Gasteiger partial charge is 0.346 e. The Morgan fingerprint density at radius 2 is 2.19 bits per heavy atom. The number of fused-ring (bicyclic) bond motifs is 1. The number of carbonyl (C=O) groups excluding carboxylic acids is 1. The van der Waals surface area contributed by atoms with Crippen LogP contribution in [0.15, 0.2) is 23.0 Å². The highest BCUT2D eigenvalue weighted by atomic mass is 35.5. The van der Waals surface area contributed by atoms with Gasteiger partial charge in [0.25, 0.3) is 0 Å². The van der Waals surface area contributed by atoms with Gasteiger partial charge in [0, 0.05) is 19.5 Å². The average molecular weight is 393 g/mol. The van der Waals surface area contributed by atoms with Gasteiger partial charge in [-0.1, -0.05) is 24.6 Å². The van der Waals surface area contributed by atoms with Crippen LogP contribution in [-0.4, -0.2) is 38.2 Å². The summed E-state index contributed by atoms with van der Waals surface area (Å²) in [6.45, 7) is 3.84. The standard InChI is InChI=1S/C19H22ClFN4O2/c1-12-7-8-23(10-12)18(26)16-3-2-4-17-22-24(19(27)25(16)17)11-13-5-6-15(21)14(20)9-13/h5-6,9,12,16H,2-4,7-8,10-11H2,1H3/t12-,16-/m0/s1. The van der Waals surface area contributed by atoms with E-state index in [4.69, 9.17) is 11.6 Å². The van der Waals surface area contributed by atoms with Crippen LogP contribution in [-0.2, 0) is 17.8 Å². The maximum absolute atomic E-state index is 13.4. The molecule has 1 amide bonds. The van der Waals surface area contributed by atoms with Crippen LogP contribution in [0.4, 0.5) is 4.39 Å². The number of carbonyl (C=O) groups is 1. The second kappa shape index (κ2) is 7.11. The summed E-state index contributed by atoms with van der Waals surface area (Å²) in [5.41, 5.74) is 0.394. The highest BCUT2D eigenvalue weighted by Gasteiger charge is 2.35. The van der Waals surface area contributed by atoms with Gasteiger partial charge in [-0.25, -0.2) is 13.9 Å². The van der Waals surface area contributed by atoms with Crippen LogP contribution in [0.25, 0.3) is 0 Å². The molecule has 144 valence electrons. The summed E-state index contributed by atoms with van der Waals surface area (Å²) in [7, 11) is 0. The third kappa shape index (κ3) is 3.40. The fraction of sp³-hybridized carbons (Fsp3) is 0.526. The number of hydrogen-bond donors (Lipinski definition) is 0. The molecule has 0 radical (unpaired) electrons. The van der Waals surface area contributed by atoms with Crippen molar-refractivity contribution in [1.82, 2.24) is 19.2 Å². The van der Waals surface area contributed by atoms with Gasteiger partial charge in [-0.3, -0.25) is 9.36 Å². The maximum atomic E-state index is 13.4. The molecule has 0 spiro atoms. The molecule has 2 aromatic rings. The lowest BCUT2D eigenvalue weighted by Gasteiger charge is -2.27. The summed E-state index contributed by atoms with van der Waals surface area (Å²) in [4.78, 5) is 27.8. The van der Waals surface area contributed by atoms with E-state index in [1.165, 1.54) is 16.8 Å². The van der Waals surface area contributed by atoms with Gasteiger partial charge in [0.05, 0.1) is 11.6 Å². The van der Waals surface area contributed by atoms with E-state index < -0.39 is 11.9 Å². The molecule has 8 heteroatoms. The van der Waals surface area contributed by atoms with Gasteiger partial charge in [-0.2, -0.15) is 5.10 Å². The lowest BCUT2D eigenvalue weighted by molar-refractivity contribution is -0.134. The van der Waals surface area contributed by atoms with E-state index in [2.05, 4.69) is 12.0 Å². The Hall–Kier alpha value is -2.15. The van der Waals surface area contributed by atoms with Gasteiger partial charge < -0.3 is 4.90 Å². The molecule has 0 aliphatic carbocycles. The van der Waals surface area contributed by atoms with Crippen LogP contribution in [0, 0.1) is 11.7 Å². The fourth-order valence-corrected chi connectivity index (χ4v) is 4.23. The molecule has 3 heterocycles. The van der Waals surface area contributed by atoms with E-state index in [1.807, 2.05) is 4.90 Å². The maximum Gasteiger partial charge on any atom is 0.346 e. The van der Waals surface area contributed by atoms with Crippen molar-refractivity contribution in [2.45, 2.75) is 45.2 Å². The Morgan fingerprint density at radius 3 is 2.89 bits per heavy atom. The first-order chi connectivity index (χ1) is 12.9. The number of aryl methyl sites for hydroxylation is 1. The molecular weight excluding hydrogens is 371 g/mol. The summed E-state index contributed by atoms with van der Waals surface area (Å²) >= 11 is 5.83. The second-order valence-electron chi connectivity index (χ2n) is 7.56. The number of halogens is 2. The van der Waals surface area contributed by atoms with Crippen molar-refractivity contribution in [3.63, 3.8) is 0 Å². The minimum atomic E-state index is -0.498. The number of rotatable bonds is 3. The first-order valence-corrected chi connectivity index (χ1v) is 9.73. The second-order valence-corrected chi connectivity index (χ2v) is 7.97. The predicted molar refractivity (Wildman–Crippen MR) is 99.3 cm³/mol. The van der Waals surface area contributed by atoms with Crippen molar-refractivity contribution in [2.24, 2.45) is 5.92 Å². The molecule has 1 aromatic heterocycles. The fourth-order valence-electron chi connectivity index (χ4n) is 4.03. The highest BCUT2D eigenvalue weighted by molar-refractivity contribution is 6.30. The number of likely N-dealkylation sites (tertiary alicyclic amines) is 1. The highest BCUT2D eigenvalue weighted by Crippen LogP contribution is 2.27. The number of amides is 1. The van der Waals surface area contributed by atoms with Crippen molar-refractivity contribution in [1.29, 1.82) is 0 Å². The van der Waals surface area contributed by atoms with E-state index in [9.17, 15) is 14.0 Å².